The lowest BCUT2D eigenvalue weighted by Gasteiger charge is -2.26. The highest BCUT2D eigenvalue weighted by Gasteiger charge is 2.23. The lowest BCUT2D eigenvalue weighted by Crippen LogP contribution is -2.35. The molecule has 11 heteroatoms. The van der Waals surface area contributed by atoms with E-state index in [4.69, 9.17) is 14.2 Å². The van der Waals surface area contributed by atoms with E-state index >= 15 is 0 Å². The van der Waals surface area contributed by atoms with Crippen LogP contribution in [0.4, 0.5) is 11.4 Å². The number of nitrogens with one attached hydrogen (secondary N) is 2. The van der Waals surface area contributed by atoms with E-state index in [1.54, 1.807) is 12.5 Å². The number of morpholine rings is 1. The van der Waals surface area contributed by atoms with Crippen molar-refractivity contribution in [3.05, 3.63) is 71.7 Å². The van der Waals surface area contributed by atoms with Crippen LogP contribution < -0.4 is 19.5 Å². The molecular formula is C32H39N5O5S. The van der Waals surface area contributed by atoms with Crippen LogP contribution in [-0.4, -0.2) is 64.2 Å². The molecule has 0 saturated carbocycles. The molecule has 0 aliphatic carbocycles. The maximum Gasteiger partial charge on any atom is 0.272 e. The van der Waals surface area contributed by atoms with Gasteiger partial charge < -0.3 is 28.8 Å². The first-order valence-electron chi connectivity index (χ1n) is 14.2. The van der Waals surface area contributed by atoms with Crippen LogP contribution in [0.25, 0.3) is 10.9 Å². The highest BCUT2D eigenvalue weighted by atomic mass is 32.2. The van der Waals surface area contributed by atoms with Crippen molar-refractivity contribution in [2.75, 3.05) is 49.7 Å². The Hall–Kier alpha value is -3.93. The molecule has 1 aliphatic heterocycles. The average Bonchev–Trinajstić information content (AvgIpc) is 3.30. The maximum absolute atomic E-state index is 13.7. The Balaban J connectivity index is 1.44. The summed E-state index contributed by atoms with van der Waals surface area (Å²) in [7, 11) is 2.04. The predicted octanol–water partition coefficient (Wildman–Crippen LogP) is 5.46. The summed E-state index contributed by atoms with van der Waals surface area (Å²) in [6.45, 7) is 10.2. The zero-order chi connectivity index (χ0) is 30.7. The number of pyridine rings is 1. The minimum absolute atomic E-state index is 0.224. The second-order valence-electron chi connectivity index (χ2n) is 11.6. The summed E-state index contributed by atoms with van der Waals surface area (Å²) in [6, 6.07) is 15.2. The van der Waals surface area contributed by atoms with Crippen LogP contribution in [0.5, 0.6) is 17.2 Å². The van der Waals surface area contributed by atoms with Gasteiger partial charge in [0, 0.05) is 50.6 Å². The fourth-order valence-electron chi connectivity index (χ4n) is 5.19. The number of rotatable bonds is 9. The summed E-state index contributed by atoms with van der Waals surface area (Å²) < 4.78 is 34.3. The number of aryl methyl sites for hydroxylation is 1. The number of nitrogens with zero attached hydrogens (tertiary/aromatic N) is 3. The van der Waals surface area contributed by atoms with Crippen molar-refractivity contribution in [1.29, 1.82) is 0 Å². The molecule has 1 aliphatic rings. The molecule has 2 N–H and O–H groups in total. The van der Waals surface area contributed by atoms with Gasteiger partial charge >= 0.3 is 0 Å². The number of carbonyl (C=O) groups excluding carboxylic acids is 1. The van der Waals surface area contributed by atoms with Crippen LogP contribution in [0.2, 0.25) is 0 Å². The molecule has 43 heavy (non-hydrogen) atoms. The third-order valence-electron chi connectivity index (χ3n) is 7.42. The monoisotopic (exact) mass is 605 g/mol. The molecule has 2 aromatic carbocycles. The molecule has 0 bridgehead atoms. The van der Waals surface area contributed by atoms with Gasteiger partial charge in [-0.1, -0.05) is 32.9 Å². The third kappa shape index (κ3) is 7.01. The van der Waals surface area contributed by atoms with E-state index in [1.165, 1.54) is 7.11 Å². The van der Waals surface area contributed by atoms with Gasteiger partial charge in [-0.15, -0.1) is 0 Å². The van der Waals surface area contributed by atoms with Gasteiger partial charge in [-0.3, -0.25) is 14.7 Å². The summed E-state index contributed by atoms with van der Waals surface area (Å²) >= 11 is 0. The number of fused-ring (bicyclic) bond motifs is 1. The van der Waals surface area contributed by atoms with E-state index in [0.29, 0.717) is 34.3 Å². The molecule has 0 spiro atoms. The predicted molar refractivity (Wildman–Crippen MR) is 171 cm³/mol. The van der Waals surface area contributed by atoms with Crippen molar-refractivity contribution in [3.63, 3.8) is 0 Å². The average molecular weight is 606 g/mol. The number of methoxy groups -OCH3 is 1. The molecule has 2 aromatic heterocycles. The van der Waals surface area contributed by atoms with Gasteiger partial charge in [0.1, 0.15) is 22.4 Å². The van der Waals surface area contributed by atoms with Crippen molar-refractivity contribution in [2.24, 2.45) is 7.05 Å². The van der Waals surface area contributed by atoms with Crippen molar-refractivity contribution in [3.8, 4) is 17.2 Å². The normalized spacial score (nSPS) is 14.8. The Bertz CT molecular complexity index is 1660. The van der Waals surface area contributed by atoms with Crippen LogP contribution in [-0.2, 0) is 34.7 Å². The third-order valence-corrected chi connectivity index (χ3v) is 7.93. The van der Waals surface area contributed by atoms with Crippen LogP contribution in [0.15, 0.2) is 54.7 Å². The Kier molecular flexibility index (Phi) is 9.05. The van der Waals surface area contributed by atoms with E-state index in [2.05, 4.69) is 40.7 Å². The number of hydrogen-bond donors (Lipinski definition) is 2. The Labute approximate surface area is 254 Å². The van der Waals surface area contributed by atoms with E-state index in [1.807, 2.05) is 60.1 Å². The second kappa shape index (κ2) is 12.7. The highest BCUT2D eigenvalue weighted by molar-refractivity contribution is 7.85. The number of amides is 1. The molecule has 1 atom stereocenters. The molecule has 3 heterocycles. The summed E-state index contributed by atoms with van der Waals surface area (Å²) in [5.74, 6) is 1.40. The SMILES string of the molecule is COc1c(NC(=O)c2cc3cccc(Oc4ccnc(CN5CCOCC5)c4)c3n2C)cc(C(C)(C)C)cc1NS(C)=O. The number of carbonyl (C=O) groups is 1. The molecule has 1 saturated heterocycles. The summed E-state index contributed by atoms with van der Waals surface area (Å²) in [5.41, 5.74) is 3.92. The highest BCUT2D eigenvalue weighted by Crippen LogP contribution is 2.39. The van der Waals surface area contributed by atoms with Gasteiger partial charge in [-0.05, 0) is 41.3 Å². The Morgan fingerprint density at radius 1 is 1.09 bits per heavy atom. The number of benzene rings is 2. The first-order valence-corrected chi connectivity index (χ1v) is 15.7. The molecule has 1 fully saturated rings. The lowest BCUT2D eigenvalue weighted by molar-refractivity contribution is 0.0336. The summed E-state index contributed by atoms with van der Waals surface area (Å²) in [4.78, 5) is 20.6. The molecule has 4 aromatic rings. The van der Waals surface area contributed by atoms with Crippen molar-refractivity contribution in [2.45, 2.75) is 32.7 Å². The fraction of sp³-hybridized carbons (Fsp3) is 0.375. The van der Waals surface area contributed by atoms with Gasteiger partial charge in [0.15, 0.2) is 11.5 Å². The molecule has 0 radical (unpaired) electrons. The quantitative estimate of drug-likeness (QED) is 0.261. The van der Waals surface area contributed by atoms with Gasteiger partial charge in [-0.2, -0.15) is 0 Å². The Morgan fingerprint density at radius 2 is 1.84 bits per heavy atom. The van der Waals surface area contributed by atoms with E-state index in [0.717, 1.165) is 55.0 Å². The zero-order valence-corrected chi connectivity index (χ0v) is 26.3. The first-order chi connectivity index (χ1) is 20.5. The first kappa shape index (κ1) is 30.5. The largest absolute Gasteiger partial charge is 0.492 e. The van der Waals surface area contributed by atoms with Crippen molar-refractivity contribution in [1.82, 2.24) is 14.5 Å². The minimum Gasteiger partial charge on any atom is -0.492 e. The molecule has 5 rings (SSSR count). The Morgan fingerprint density at radius 3 is 2.53 bits per heavy atom. The molecular weight excluding hydrogens is 566 g/mol. The van der Waals surface area contributed by atoms with E-state index < -0.39 is 11.0 Å². The number of hydrogen-bond acceptors (Lipinski definition) is 7. The van der Waals surface area contributed by atoms with E-state index in [9.17, 15) is 9.00 Å². The zero-order valence-electron chi connectivity index (χ0n) is 25.5. The van der Waals surface area contributed by atoms with Crippen molar-refractivity contribution >= 4 is 39.2 Å². The second-order valence-corrected chi connectivity index (χ2v) is 12.7. The summed E-state index contributed by atoms with van der Waals surface area (Å²) in [5, 5.41) is 3.90. The van der Waals surface area contributed by atoms with Gasteiger partial charge in [0.2, 0.25) is 0 Å². The molecule has 228 valence electrons. The van der Waals surface area contributed by atoms with Crippen molar-refractivity contribution < 1.29 is 23.2 Å². The number of anilines is 2. The van der Waals surface area contributed by atoms with E-state index in [-0.39, 0.29) is 11.3 Å². The van der Waals surface area contributed by atoms with Gasteiger partial charge in [0.25, 0.3) is 5.91 Å². The van der Waals surface area contributed by atoms with Gasteiger partial charge in [0.05, 0.1) is 42.9 Å². The van der Waals surface area contributed by atoms with Crippen LogP contribution in [0, 0.1) is 0 Å². The van der Waals surface area contributed by atoms with Crippen LogP contribution in [0.3, 0.4) is 0 Å². The standard InChI is InChI=1S/C32H39N5O5S/c1-32(2,3)22-17-25(30(40-5)26(18-22)35-43(6)39)34-31(38)27-16-21-8-7-9-28(29(21)36(27)4)42-24-10-11-33-23(19-24)20-37-12-14-41-15-13-37/h7-11,16-19,35H,12-15,20H2,1-6H3,(H,34,38). The molecule has 1 unspecified atom stereocenters. The maximum atomic E-state index is 13.7. The van der Waals surface area contributed by atoms with Crippen LogP contribution >= 0.6 is 0 Å². The number of aromatic nitrogens is 2. The smallest absolute Gasteiger partial charge is 0.272 e. The molecule has 1 amide bonds. The van der Waals surface area contributed by atoms with Crippen LogP contribution in [0.1, 0.15) is 42.5 Å². The minimum atomic E-state index is -1.33. The topological polar surface area (TPSA) is 107 Å². The fourth-order valence-corrected chi connectivity index (χ4v) is 5.65. The lowest BCUT2D eigenvalue weighted by atomic mass is 9.86. The number of ether oxygens (including phenoxy) is 3. The summed E-state index contributed by atoms with van der Waals surface area (Å²) in [6.07, 6.45) is 3.30. The molecule has 10 nitrogen and oxygen atoms in total. The number of para-hydroxylation sites is 1. The van der Waals surface area contributed by atoms with Gasteiger partial charge in [-0.25, -0.2) is 4.21 Å².